The highest BCUT2D eigenvalue weighted by molar-refractivity contribution is 7.93. The molecule has 5 nitrogen and oxygen atoms in total. The quantitative estimate of drug-likeness (QED) is 0.673. The number of piperazine rings is 1. The molecule has 0 bridgehead atoms. The lowest BCUT2D eigenvalue weighted by Gasteiger charge is -2.28. The van der Waals surface area contributed by atoms with Crippen molar-refractivity contribution in [2.45, 2.75) is 29.9 Å². The van der Waals surface area contributed by atoms with Gasteiger partial charge in [0.05, 0.1) is 4.90 Å². The second-order valence-electron chi connectivity index (χ2n) is 7.08. The number of benzene rings is 1. The van der Waals surface area contributed by atoms with Crippen molar-refractivity contribution in [2.24, 2.45) is 0 Å². The second kappa shape index (κ2) is 7.99. The molecule has 1 aromatic carbocycles. The fourth-order valence-corrected chi connectivity index (χ4v) is 7.06. The molecular formula is C20H24ClN3O2S2. The fraction of sp³-hybridized carbons (Fsp3) is 0.350. The van der Waals surface area contributed by atoms with Gasteiger partial charge in [-0.25, -0.2) is 13.4 Å². The van der Waals surface area contributed by atoms with E-state index >= 15 is 0 Å². The third-order valence-corrected chi connectivity index (χ3v) is 8.59. The zero-order valence-electron chi connectivity index (χ0n) is 16.2. The third kappa shape index (κ3) is 3.64. The molecular weight excluding hydrogens is 414 g/mol. The van der Waals surface area contributed by atoms with E-state index in [0.29, 0.717) is 9.10 Å². The summed E-state index contributed by atoms with van der Waals surface area (Å²) in [6, 6.07) is 7.57. The first-order valence-corrected chi connectivity index (χ1v) is 11.3. The van der Waals surface area contributed by atoms with Gasteiger partial charge >= 0.3 is 0 Å². The number of aryl methyl sites for hydroxylation is 3. The maximum atomic E-state index is 13.4. The summed E-state index contributed by atoms with van der Waals surface area (Å²) in [6.07, 6.45) is 1.77. The summed E-state index contributed by atoms with van der Waals surface area (Å²) in [7, 11) is -3.57. The minimum absolute atomic E-state index is 0. The molecule has 3 aromatic rings. The Kier molecular flexibility index (Phi) is 6.00. The molecule has 1 fully saturated rings. The van der Waals surface area contributed by atoms with E-state index in [-0.39, 0.29) is 12.4 Å². The molecule has 1 saturated heterocycles. The molecule has 28 heavy (non-hydrogen) atoms. The first-order chi connectivity index (χ1) is 12.9. The standard InChI is InChI=1S/C20H23N3O2S2.ClH/c1-13-10-14(2)19(15(3)11-13)27(24,25)18-12-16-17(26-18)4-5-22-20(16)23-8-6-21-7-9-23;/h4-5,10-12,21H,6-9H2,1-3H3;1H. The summed E-state index contributed by atoms with van der Waals surface area (Å²) in [4.78, 5) is 7.21. The van der Waals surface area contributed by atoms with Crippen LogP contribution < -0.4 is 10.2 Å². The van der Waals surface area contributed by atoms with Crippen molar-refractivity contribution in [3.05, 3.63) is 47.2 Å². The highest BCUT2D eigenvalue weighted by atomic mass is 35.5. The monoisotopic (exact) mass is 437 g/mol. The van der Waals surface area contributed by atoms with Crippen LogP contribution >= 0.6 is 23.7 Å². The predicted octanol–water partition coefficient (Wildman–Crippen LogP) is 3.89. The van der Waals surface area contributed by atoms with E-state index in [0.717, 1.165) is 58.8 Å². The molecule has 1 N–H and O–H groups in total. The number of sulfone groups is 1. The van der Waals surface area contributed by atoms with Gasteiger partial charge in [-0.15, -0.1) is 23.7 Å². The average molecular weight is 438 g/mol. The average Bonchev–Trinajstić information content (AvgIpc) is 3.06. The van der Waals surface area contributed by atoms with Crippen molar-refractivity contribution in [2.75, 3.05) is 31.1 Å². The summed E-state index contributed by atoms with van der Waals surface area (Å²) in [6.45, 7) is 9.30. The van der Waals surface area contributed by atoms with Gasteiger partial charge in [0.1, 0.15) is 10.0 Å². The van der Waals surface area contributed by atoms with Gasteiger partial charge in [0.25, 0.3) is 0 Å². The van der Waals surface area contributed by atoms with Crippen molar-refractivity contribution < 1.29 is 8.42 Å². The number of rotatable bonds is 3. The zero-order valence-corrected chi connectivity index (χ0v) is 18.6. The maximum absolute atomic E-state index is 13.4. The normalized spacial score (nSPS) is 14.9. The van der Waals surface area contributed by atoms with Crippen molar-refractivity contribution >= 4 is 49.5 Å². The van der Waals surface area contributed by atoms with Gasteiger partial charge in [-0.2, -0.15) is 0 Å². The van der Waals surface area contributed by atoms with E-state index in [1.165, 1.54) is 11.3 Å². The highest BCUT2D eigenvalue weighted by Gasteiger charge is 2.26. The minimum Gasteiger partial charge on any atom is -0.354 e. The van der Waals surface area contributed by atoms with Crippen LogP contribution in [0, 0.1) is 20.8 Å². The van der Waals surface area contributed by atoms with Crippen LogP contribution in [0.4, 0.5) is 5.82 Å². The Labute approximate surface area is 176 Å². The molecule has 150 valence electrons. The van der Waals surface area contributed by atoms with E-state index < -0.39 is 9.84 Å². The smallest absolute Gasteiger partial charge is 0.216 e. The lowest BCUT2D eigenvalue weighted by atomic mass is 10.1. The number of pyridine rings is 1. The Morgan fingerprint density at radius 3 is 2.36 bits per heavy atom. The van der Waals surface area contributed by atoms with Crippen molar-refractivity contribution in [1.82, 2.24) is 10.3 Å². The van der Waals surface area contributed by atoms with Gasteiger partial charge in [-0.1, -0.05) is 17.7 Å². The Morgan fingerprint density at radius 1 is 1.07 bits per heavy atom. The van der Waals surface area contributed by atoms with Crippen molar-refractivity contribution in [3.8, 4) is 0 Å². The number of anilines is 1. The number of nitrogens with zero attached hydrogens (tertiary/aromatic N) is 2. The number of hydrogen-bond acceptors (Lipinski definition) is 6. The van der Waals surface area contributed by atoms with Crippen LogP contribution in [0.1, 0.15) is 16.7 Å². The number of thiophene rings is 1. The number of fused-ring (bicyclic) bond motifs is 1. The molecule has 0 atom stereocenters. The molecule has 0 amide bonds. The van der Waals surface area contributed by atoms with Crippen molar-refractivity contribution in [1.29, 1.82) is 0 Å². The summed E-state index contributed by atoms with van der Waals surface area (Å²) in [5.74, 6) is 0.879. The lowest BCUT2D eigenvalue weighted by Crippen LogP contribution is -2.43. The van der Waals surface area contributed by atoms with Crippen LogP contribution in [0.3, 0.4) is 0 Å². The zero-order chi connectivity index (χ0) is 19.2. The Balaban J connectivity index is 0.00000225. The van der Waals surface area contributed by atoms with E-state index in [2.05, 4.69) is 15.2 Å². The third-order valence-electron chi connectivity index (χ3n) is 4.96. The molecule has 0 aliphatic carbocycles. The number of halogens is 1. The molecule has 0 spiro atoms. The van der Waals surface area contributed by atoms with E-state index in [1.54, 1.807) is 12.3 Å². The summed E-state index contributed by atoms with van der Waals surface area (Å²) >= 11 is 1.33. The maximum Gasteiger partial charge on any atom is 0.216 e. The molecule has 0 radical (unpaired) electrons. The Hall–Kier alpha value is -1.67. The van der Waals surface area contributed by atoms with Gasteiger partial charge in [-0.05, 0) is 44.0 Å². The van der Waals surface area contributed by atoms with E-state index in [9.17, 15) is 8.42 Å². The van der Waals surface area contributed by atoms with E-state index in [4.69, 9.17) is 0 Å². The molecule has 1 aliphatic rings. The van der Waals surface area contributed by atoms with Crippen molar-refractivity contribution in [3.63, 3.8) is 0 Å². The molecule has 0 unspecified atom stereocenters. The molecule has 1 aliphatic heterocycles. The Bertz CT molecular complexity index is 1100. The van der Waals surface area contributed by atoms with Crippen LogP contribution in [0.5, 0.6) is 0 Å². The molecule has 2 aromatic heterocycles. The van der Waals surface area contributed by atoms with Gasteiger partial charge < -0.3 is 10.2 Å². The molecule has 8 heteroatoms. The Morgan fingerprint density at radius 2 is 1.71 bits per heavy atom. The predicted molar refractivity (Wildman–Crippen MR) is 118 cm³/mol. The van der Waals surface area contributed by atoms with Crippen LogP contribution in [0.15, 0.2) is 39.6 Å². The first-order valence-electron chi connectivity index (χ1n) is 9.05. The number of hydrogen-bond donors (Lipinski definition) is 1. The highest BCUT2D eigenvalue weighted by Crippen LogP contribution is 2.38. The van der Waals surface area contributed by atoms with Gasteiger partial charge in [0, 0.05) is 42.5 Å². The van der Waals surface area contributed by atoms with Gasteiger partial charge in [0.15, 0.2) is 0 Å². The largest absolute Gasteiger partial charge is 0.354 e. The van der Waals surface area contributed by atoms with Gasteiger partial charge in [-0.3, -0.25) is 0 Å². The van der Waals surface area contributed by atoms with Crippen LogP contribution in [0.2, 0.25) is 0 Å². The summed E-state index contributed by atoms with van der Waals surface area (Å²) in [5.41, 5.74) is 2.67. The topological polar surface area (TPSA) is 62.3 Å². The minimum atomic E-state index is -3.57. The van der Waals surface area contributed by atoms with Crippen LogP contribution in [0.25, 0.3) is 10.1 Å². The number of nitrogens with one attached hydrogen (secondary N) is 1. The van der Waals surface area contributed by atoms with Crippen LogP contribution in [-0.4, -0.2) is 39.6 Å². The van der Waals surface area contributed by atoms with E-state index in [1.807, 2.05) is 39.0 Å². The van der Waals surface area contributed by atoms with Crippen LogP contribution in [-0.2, 0) is 9.84 Å². The molecule has 0 saturated carbocycles. The molecule has 3 heterocycles. The number of aromatic nitrogens is 1. The SMILES string of the molecule is Cc1cc(C)c(S(=O)(=O)c2cc3c(N4CCNCC4)nccc3s2)c(C)c1.Cl. The van der Waals surface area contributed by atoms with Gasteiger partial charge in [0.2, 0.25) is 9.84 Å². The lowest BCUT2D eigenvalue weighted by molar-refractivity contribution is 0.586. The first kappa shape index (κ1) is 21.0. The summed E-state index contributed by atoms with van der Waals surface area (Å²) in [5, 5.41) is 4.26. The second-order valence-corrected chi connectivity index (χ2v) is 10.3. The summed E-state index contributed by atoms with van der Waals surface area (Å²) < 4.78 is 28.2. The fourth-order valence-electron chi connectivity index (χ4n) is 3.88. The molecule has 4 rings (SSSR count).